The number of nitrogens with one attached hydrogen (secondary N) is 1. The Morgan fingerprint density at radius 3 is 2.57 bits per heavy atom. The van der Waals surface area contributed by atoms with E-state index >= 15 is 0 Å². The zero-order chi connectivity index (χ0) is 15.2. The lowest BCUT2D eigenvalue weighted by Gasteiger charge is -2.08. The SMILES string of the molecule is COc1ccc(NC(=O)/C=C/c2ccc(Cl)cc2)c(N)c1. The maximum absolute atomic E-state index is 11.8. The van der Waals surface area contributed by atoms with E-state index < -0.39 is 0 Å². The average Bonchev–Trinajstić information content (AvgIpc) is 2.48. The number of nitrogens with two attached hydrogens (primary N) is 1. The van der Waals surface area contributed by atoms with E-state index in [1.54, 1.807) is 43.5 Å². The fraction of sp³-hybridized carbons (Fsp3) is 0.0625. The molecule has 0 aliphatic rings. The van der Waals surface area contributed by atoms with E-state index in [4.69, 9.17) is 22.1 Å². The second-order valence-corrected chi connectivity index (χ2v) is 4.76. The van der Waals surface area contributed by atoms with Crippen molar-refractivity contribution in [1.82, 2.24) is 0 Å². The third-order valence-electron chi connectivity index (χ3n) is 2.81. The third kappa shape index (κ3) is 4.26. The fourth-order valence-electron chi connectivity index (χ4n) is 1.70. The third-order valence-corrected chi connectivity index (χ3v) is 3.07. The van der Waals surface area contributed by atoms with Crippen LogP contribution in [-0.2, 0) is 4.79 Å². The van der Waals surface area contributed by atoms with E-state index in [-0.39, 0.29) is 5.91 Å². The smallest absolute Gasteiger partial charge is 0.248 e. The number of nitrogen functional groups attached to an aromatic ring is 1. The lowest BCUT2D eigenvalue weighted by Crippen LogP contribution is -2.09. The summed E-state index contributed by atoms with van der Waals surface area (Å²) in [5.41, 5.74) is 7.71. The number of hydrogen-bond acceptors (Lipinski definition) is 3. The van der Waals surface area contributed by atoms with Crippen molar-refractivity contribution in [2.24, 2.45) is 0 Å². The zero-order valence-electron chi connectivity index (χ0n) is 11.5. The van der Waals surface area contributed by atoms with E-state index in [0.29, 0.717) is 22.1 Å². The lowest BCUT2D eigenvalue weighted by molar-refractivity contribution is -0.111. The number of anilines is 2. The van der Waals surface area contributed by atoms with Gasteiger partial charge in [0.1, 0.15) is 5.75 Å². The van der Waals surface area contributed by atoms with Crippen molar-refractivity contribution in [3.05, 3.63) is 59.1 Å². The van der Waals surface area contributed by atoms with E-state index in [9.17, 15) is 4.79 Å². The summed E-state index contributed by atoms with van der Waals surface area (Å²) in [6.07, 6.45) is 3.14. The first-order chi connectivity index (χ1) is 10.1. The summed E-state index contributed by atoms with van der Waals surface area (Å²) >= 11 is 5.80. The number of benzene rings is 2. The molecule has 0 saturated carbocycles. The first-order valence-corrected chi connectivity index (χ1v) is 6.64. The van der Waals surface area contributed by atoms with Gasteiger partial charge in [-0.3, -0.25) is 4.79 Å². The van der Waals surface area contributed by atoms with Gasteiger partial charge in [-0.1, -0.05) is 23.7 Å². The number of halogens is 1. The molecule has 0 saturated heterocycles. The summed E-state index contributed by atoms with van der Waals surface area (Å²) in [4.78, 5) is 11.8. The van der Waals surface area contributed by atoms with Gasteiger partial charge in [0.25, 0.3) is 0 Å². The Kier molecular flexibility index (Phi) is 4.85. The Bertz CT molecular complexity index is 666. The Morgan fingerprint density at radius 2 is 1.95 bits per heavy atom. The number of amides is 1. The lowest BCUT2D eigenvalue weighted by atomic mass is 10.2. The van der Waals surface area contributed by atoms with E-state index in [0.717, 1.165) is 5.56 Å². The number of methoxy groups -OCH3 is 1. The molecule has 3 N–H and O–H groups in total. The van der Waals surface area contributed by atoms with Crippen LogP contribution >= 0.6 is 11.6 Å². The highest BCUT2D eigenvalue weighted by molar-refractivity contribution is 6.30. The molecule has 0 fully saturated rings. The van der Waals surface area contributed by atoms with Crippen LogP contribution in [0.4, 0.5) is 11.4 Å². The van der Waals surface area contributed by atoms with Crippen molar-refractivity contribution in [2.45, 2.75) is 0 Å². The second-order valence-electron chi connectivity index (χ2n) is 4.33. The topological polar surface area (TPSA) is 64.3 Å². The molecule has 2 aromatic carbocycles. The second kappa shape index (κ2) is 6.81. The average molecular weight is 303 g/mol. The molecule has 2 aromatic rings. The number of rotatable bonds is 4. The van der Waals surface area contributed by atoms with Gasteiger partial charge in [-0.05, 0) is 35.9 Å². The first-order valence-electron chi connectivity index (χ1n) is 6.26. The van der Waals surface area contributed by atoms with Crippen molar-refractivity contribution in [1.29, 1.82) is 0 Å². The minimum absolute atomic E-state index is 0.262. The molecule has 0 atom stereocenters. The molecular weight excluding hydrogens is 288 g/mol. The maximum Gasteiger partial charge on any atom is 0.248 e. The maximum atomic E-state index is 11.8. The molecule has 0 spiro atoms. The van der Waals surface area contributed by atoms with Crippen molar-refractivity contribution in [3.63, 3.8) is 0 Å². The van der Waals surface area contributed by atoms with Gasteiger partial charge < -0.3 is 15.8 Å². The van der Waals surface area contributed by atoms with E-state index in [1.807, 2.05) is 12.1 Å². The zero-order valence-corrected chi connectivity index (χ0v) is 12.2. The molecule has 5 heteroatoms. The van der Waals surface area contributed by atoms with Gasteiger partial charge in [0.2, 0.25) is 5.91 Å². The van der Waals surface area contributed by atoms with E-state index in [1.165, 1.54) is 6.08 Å². The molecule has 21 heavy (non-hydrogen) atoms. The van der Waals surface area contributed by atoms with Gasteiger partial charge in [0.15, 0.2) is 0 Å². The van der Waals surface area contributed by atoms with Crippen LogP contribution in [0.1, 0.15) is 5.56 Å². The van der Waals surface area contributed by atoms with Crippen LogP contribution in [0.3, 0.4) is 0 Å². The monoisotopic (exact) mass is 302 g/mol. The molecule has 1 amide bonds. The van der Waals surface area contributed by atoms with Crippen molar-refractivity contribution in [3.8, 4) is 5.75 Å². The van der Waals surface area contributed by atoms with Crippen LogP contribution in [-0.4, -0.2) is 13.0 Å². The van der Waals surface area contributed by atoms with Crippen LogP contribution in [0, 0.1) is 0 Å². The molecule has 0 radical (unpaired) electrons. The Labute approximate surface area is 128 Å². The van der Waals surface area contributed by atoms with Gasteiger partial charge in [-0.2, -0.15) is 0 Å². The Morgan fingerprint density at radius 1 is 1.24 bits per heavy atom. The van der Waals surface area contributed by atoms with Crippen molar-refractivity contribution < 1.29 is 9.53 Å². The van der Waals surface area contributed by atoms with Gasteiger partial charge in [0.05, 0.1) is 18.5 Å². The molecule has 0 unspecified atom stereocenters. The van der Waals surface area contributed by atoms with Crippen molar-refractivity contribution >= 4 is 35.0 Å². The van der Waals surface area contributed by atoms with Gasteiger partial charge in [0, 0.05) is 17.2 Å². The van der Waals surface area contributed by atoms with E-state index in [2.05, 4.69) is 5.32 Å². The summed E-state index contributed by atoms with van der Waals surface area (Å²) in [7, 11) is 1.56. The summed E-state index contributed by atoms with van der Waals surface area (Å²) in [5, 5.41) is 3.37. The molecule has 4 nitrogen and oxygen atoms in total. The van der Waals surface area contributed by atoms with Gasteiger partial charge in [-0.25, -0.2) is 0 Å². The molecule has 108 valence electrons. The Balaban J connectivity index is 2.03. The molecule has 2 rings (SSSR count). The Hall–Kier alpha value is -2.46. The normalized spacial score (nSPS) is 10.6. The minimum atomic E-state index is -0.262. The number of carbonyl (C=O) groups is 1. The highest BCUT2D eigenvalue weighted by Crippen LogP contribution is 2.24. The van der Waals surface area contributed by atoms with Gasteiger partial charge >= 0.3 is 0 Å². The number of ether oxygens (including phenoxy) is 1. The van der Waals surface area contributed by atoms with Crippen LogP contribution in [0.2, 0.25) is 5.02 Å². The predicted octanol–water partition coefficient (Wildman–Crippen LogP) is 3.58. The molecule has 0 aliphatic heterocycles. The number of carbonyl (C=O) groups excluding carboxylic acids is 1. The first kappa shape index (κ1) is 14.9. The summed E-state index contributed by atoms with van der Waals surface area (Å²) in [5.74, 6) is 0.379. The minimum Gasteiger partial charge on any atom is -0.497 e. The van der Waals surface area contributed by atoms with Crippen LogP contribution in [0.5, 0.6) is 5.75 Å². The molecule has 0 heterocycles. The molecular formula is C16H15ClN2O2. The van der Waals surface area contributed by atoms with Crippen LogP contribution in [0.15, 0.2) is 48.5 Å². The highest BCUT2D eigenvalue weighted by Gasteiger charge is 2.03. The van der Waals surface area contributed by atoms with Crippen molar-refractivity contribution in [2.75, 3.05) is 18.2 Å². The van der Waals surface area contributed by atoms with Crippen LogP contribution < -0.4 is 15.8 Å². The molecule has 0 aromatic heterocycles. The molecule has 0 aliphatic carbocycles. The summed E-state index contributed by atoms with van der Waals surface area (Å²) in [6, 6.07) is 12.3. The predicted molar refractivity (Wildman–Crippen MR) is 86.5 cm³/mol. The van der Waals surface area contributed by atoms with Gasteiger partial charge in [-0.15, -0.1) is 0 Å². The number of hydrogen-bond donors (Lipinski definition) is 2. The highest BCUT2D eigenvalue weighted by atomic mass is 35.5. The standard InChI is InChI=1S/C16H15ClN2O2/c1-21-13-7-8-15(14(18)10-13)19-16(20)9-4-11-2-5-12(17)6-3-11/h2-10H,18H2,1H3,(H,19,20)/b9-4+. The van der Waals surface area contributed by atoms with Crippen LogP contribution in [0.25, 0.3) is 6.08 Å². The molecule has 0 bridgehead atoms. The quantitative estimate of drug-likeness (QED) is 0.670. The summed E-state index contributed by atoms with van der Waals surface area (Å²) in [6.45, 7) is 0. The summed E-state index contributed by atoms with van der Waals surface area (Å²) < 4.78 is 5.05. The fourth-order valence-corrected chi connectivity index (χ4v) is 1.83. The largest absolute Gasteiger partial charge is 0.497 e.